The second-order valence-electron chi connectivity index (χ2n) is 6.87. The third kappa shape index (κ3) is 2.59. The Kier molecular flexibility index (Phi) is 3.44. The van der Waals surface area contributed by atoms with E-state index in [2.05, 4.69) is 80.9 Å². The standard InChI is InChI=1S/C19H23N3/c1-13-9-8-10-14(2)17(13)22-16-12-7-6-11-15(16)20-18(22)21-19(3,4)5/h6-12H,1-5H3,(H,20,21). The number of nitrogens with zero attached hydrogens (tertiary/aromatic N) is 2. The van der Waals surface area contributed by atoms with Gasteiger partial charge in [-0.15, -0.1) is 0 Å². The highest BCUT2D eigenvalue weighted by Crippen LogP contribution is 2.30. The van der Waals surface area contributed by atoms with Gasteiger partial charge in [0.25, 0.3) is 0 Å². The van der Waals surface area contributed by atoms with Crippen LogP contribution in [0.3, 0.4) is 0 Å². The molecule has 3 rings (SSSR count). The molecule has 0 aliphatic rings. The minimum absolute atomic E-state index is 0.0459. The third-order valence-electron chi connectivity index (χ3n) is 3.71. The molecule has 0 radical (unpaired) electrons. The quantitative estimate of drug-likeness (QED) is 0.731. The molecule has 1 N–H and O–H groups in total. The van der Waals surface area contributed by atoms with Crippen LogP contribution in [0, 0.1) is 13.8 Å². The first-order valence-corrected chi connectivity index (χ1v) is 7.69. The van der Waals surface area contributed by atoms with Gasteiger partial charge in [0.05, 0.1) is 16.7 Å². The van der Waals surface area contributed by atoms with Crippen molar-refractivity contribution in [2.75, 3.05) is 5.32 Å². The van der Waals surface area contributed by atoms with Crippen LogP contribution in [0.2, 0.25) is 0 Å². The fourth-order valence-electron chi connectivity index (χ4n) is 2.83. The second-order valence-corrected chi connectivity index (χ2v) is 6.87. The number of fused-ring (bicyclic) bond motifs is 1. The van der Waals surface area contributed by atoms with Gasteiger partial charge in [-0.25, -0.2) is 4.98 Å². The smallest absolute Gasteiger partial charge is 0.209 e. The van der Waals surface area contributed by atoms with Gasteiger partial charge in [0.1, 0.15) is 0 Å². The number of hydrogen-bond donors (Lipinski definition) is 1. The fourth-order valence-corrected chi connectivity index (χ4v) is 2.83. The summed E-state index contributed by atoms with van der Waals surface area (Å²) >= 11 is 0. The Morgan fingerprint density at radius 2 is 1.55 bits per heavy atom. The van der Waals surface area contributed by atoms with Crippen LogP contribution in [0.5, 0.6) is 0 Å². The Hall–Kier alpha value is -2.29. The molecular formula is C19H23N3. The maximum atomic E-state index is 4.81. The van der Waals surface area contributed by atoms with E-state index in [1.807, 2.05) is 6.07 Å². The molecule has 3 heteroatoms. The Morgan fingerprint density at radius 3 is 2.18 bits per heavy atom. The topological polar surface area (TPSA) is 29.9 Å². The monoisotopic (exact) mass is 293 g/mol. The Balaban J connectivity index is 2.33. The molecule has 1 aromatic heterocycles. The van der Waals surface area contributed by atoms with Crippen LogP contribution in [0.15, 0.2) is 42.5 Å². The normalized spacial score (nSPS) is 11.9. The van der Waals surface area contributed by atoms with Crippen LogP contribution in [0.25, 0.3) is 16.7 Å². The van der Waals surface area contributed by atoms with Gasteiger partial charge in [-0.05, 0) is 57.9 Å². The minimum Gasteiger partial charge on any atom is -0.351 e. The molecule has 0 fully saturated rings. The number of para-hydroxylation sites is 3. The van der Waals surface area contributed by atoms with E-state index in [4.69, 9.17) is 4.98 Å². The minimum atomic E-state index is -0.0459. The number of anilines is 1. The summed E-state index contributed by atoms with van der Waals surface area (Å²) < 4.78 is 2.24. The van der Waals surface area contributed by atoms with E-state index in [1.54, 1.807) is 0 Å². The number of aromatic nitrogens is 2. The molecule has 0 aliphatic carbocycles. The van der Waals surface area contributed by atoms with Crippen LogP contribution >= 0.6 is 0 Å². The molecule has 3 nitrogen and oxygen atoms in total. The number of imidazole rings is 1. The molecule has 0 saturated heterocycles. The highest BCUT2D eigenvalue weighted by atomic mass is 15.2. The van der Waals surface area contributed by atoms with E-state index >= 15 is 0 Å². The number of benzene rings is 2. The molecule has 1 heterocycles. The molecular weight excluding hydrogens is 270 g/mol. The van der Waals surface area contributed by atoms with Gasteiger partial charge >= 0.3 is 0 Å². The molecule has 0 unspecified atom stereocenters. The van der Waals surface area contributed by atoms with E-state index in [0.717, 1.165) is 17.0 Å². The molecule has 0 aliphatic heterocycles. The van der Waals surface area contributed by atoms with Gasteiger partial charge in [-0.3, -0.25) is 4.57 Å². The Labute approximate surface area is 132 Å². The number of rotatable bonds is 2. The molecule has 0 saturated carbocycles. The van der Waals surface area contributed by atoms with Crippen molar-refractivity contribution in [3.63, 3.8) is 0 Å². The zero-order valence-corrected chi connectivity index (χ0v) is 13.9. The number of nitrogens with one attached hydrogen (secondary N) is 1. The molecule has 0 atom stereocenters. The van der Waals surface area contributed by atoms with Crippen molar-refractivity contribution < 1.29 is 0 Å². The van der Waals surface area contributed by atoms with E-state index in [0.29, 0.717) is 0 Å². The van der Waals surface area contributed by atoms with Crippen LogP contribution in [0.1, 0.15) is 31.9 Å². The lowest BCUT2D eigenvalue weighted by atomic mass is 10.1. The number of aryl methyl sites for hydroxylation is 2. The summed E-state index contributed by atoms with van der Waals surface area (Å²) in [7, 11) is 0. The van der Waals surface area contributed by atoms with Crippen molar-refractivity contribution in [1.29, 1.82) is 0 Å². The first kappa shape index (κ1) is 14.6. The highest BCUT2D eigenvalue weighted by Gasteiger charge is 2.19. The Bertz CT molecular complexity index is 802. The van der Waals surface area contributed by atoms with E-state index in [1.165, 1.54) is 16.8 Å². The van der Waals surface area contributed by atoms with Gasteiger partial charge in [-0.1, -0.05) is 30.3 Å². The second kappa shape index (κ2) is 5.16. The summed E-state index contributed by atoms with van der Waals surface area (Å²) in [5.41, 5.74) is 5.81. The highest BCUT2D eigenvalue weighted by molar-refractivity contribution is 5.82. The van der Waals surface area contributed by atoms with Crippen molar-refractivity contribution in [1.82, 2.24) is 9.55 Å². The van der Waals surface area contributed by atoms with Gasteiger partial charge in [-0.2, -0.15) is 0 Å². The summed E-state index contributed by atoms with van der Waals surface area (Å²) in [5.74, 6) is 0.895. The van der Waals surface area contributed by atoms with Crippen LogP contribution in [0.4, 0.5) is 5.95 Å². The molecule has 2 aromatic carbocycles. The van der Waals surface area contributed by atoms with E-state index in [-0.39, 0.29) is 5.54 Å². The van der Waals surface area contributed by atoms with Crippen LogP contribution in [-0.2, 0) is 0 Å². The summed E-state index contributed by atoms with van der Waals surface area (Å²) in [6.45, 7) is 10.8. The van der Waals surface area contributed by atoms with Crippen molar-refractivity contribution in [2.24, 2.45) is 0 Å². The van der Waals surface area contributed by atoms with Crippen molar-refractivity contribution in [2.45, 2.75) is 40.2 Å². The van der Waals surface area contributed by atoms with E-state index < -0.39 is 0 Å². The molecule has 0 bridgehead atoms. The zero-order valence-electron chi connectivity index (χ0n) is 13.9. The summed E-state index contributed by atoms with van der Waals surface area (Å²) in [6.07, 6.45) is 0. The van der Waals surface area contributed by atoms with Crippen molar-refractivity contribution in [3.8, 4) is 5.69 Å². The maximum absolute atomic E-state index is 4.81. The summed E-state index contributed by atoms with van der Waals surface area (Å²) in [5, 5.41) is 3.54. The lowest BCUT2D eigenvalue weighted by Crippen LogP contribution is -2.28. The lowest BCUT2D eigenvalue weighted by Gasteiger charge is -2.23. The van der Waals surface area contributed by atoms with Gasteiger partial charge in [0, 0.05) is 5.54 Å². The van der Waals surface area contributed by atoms with Crippen molar-refractivity contribution >= 4 is 17.0 Å². The maximum Gasteiger partial charge on any atom is 0.209 e. The van der Waals surface area contributed by atoms with Gasteiger partial charge < -0.3 is 5.32 Å². The zero-order chi connectivity index (χ0) is 15.9. The predicted octanol–water partition coefficient (Wildman–Crippen LogP) is 4.85. The molecule has 0 spiro atoms. The van der Waals surface area contributed by atoms with Crippen molar-refractivity contribution in [3.05, 3.63) is 53.6 Å². The average molecular weight is 293 g/mol. The first-order chi connectivity index (χ1) is 10.4. The van der Waals surface area contributed by atoms with Crippen LogP contribution in [-0.4, -0.2) is 15.1 Å². The molecule has 0 amide bonds. The molecule has 22 heavy (non-hydrogen) atoms. The van der Waals surface area contributed by atoms with Crippen LogP contribution < -0.4 is 5.32 Å². The fraction of sp³-hybridized carbons (Fsp3) is 0.316. The van der Waals surface area contributed by atoms with E-state index in [9.17, 15) is 0 Å². The predicted molar refractivity (Wildman–Crippen MR) is 93.9 cm³/mol. The lowest BCUT2D eigenvalue weighted by molar-refractivity contribution is 0.624. The first-order valence-electron chi connectivity index (χ1n) is 7.69. The largest absolute Gasteiger partial charge is 0.351 e. The molecule has 114 valence electrons. The summed E-state index contributed by atoms with van der Waals surface area (Å²) in [4.78, 5) is 4.81. The molecule has 3 aromatic rings. The van der Waals surface area contributed by atoms with Gasteiger partial charge in [0.2, 0.25) is 5.95 Å². The Morgan fingerprint density at radius 1 is 0.909 bits per heavy atom. The summed E-state index contributed by atoms with van der Waals surface area (Å²) in [6, 6.07) is 14.7. The number of hydrogen-bond acceptors (Lipinski definition) is 2. The average Bonchev–Trinajstić information content (AvgIpc) is 2.75. The third-order valence-corrected chi connectivity index (χ3v) is 3.71. The van der Waals surface area contributed by atoms with Gasteiger partial charge in [0.15, 0.2) is 0 Å². The SMILES string of the molecule is Cc1cccc(C)c1-n1c(NC(C)(C)C)nc2ccccc21.